The van der Waals surface area contributed by atoms with Crippen molar-refractivity contribution < 1.29 is 4.79 Å². The molecule has 118 valence electrons. The molecule has 0 aliphatic heterocycles. The lowest BCUT2D eigenvalue weighted by atomic mass is 10.3. The van der Waals surface area contributed by atoms with Gasteiger partial charge in [-0.2, -0.15) is 14.7 Å². The molecule has 3 heterocycles. The summed E-state index contributed by atoms with van der Waals surface area (Å²) in [6.45, 7) is 0. The molecule has 7 nitrogen and oxygen atoms in total. The van der Waals surface area contributed by atoms with E-state index in [1.54, 1.807) is 46.0 Å². The highest BCUT2D eigenvalue weighted by Gasteiger charge is 2.13. The van der Waals surface area contributed by atoms with Gasteiger partial charge in [-0.15, -0.1) is 0 Å². The third-order valence-corrected chi connectivity index (χ3v) is 3.80. The molecular weight excluding hydrogens is 328 g/mol. The third kappa shape index (κ3) is 2.50. The quantitative estimate of drug-likeness (QED) is 0.623. The van der Waals surface area contributed by atoms with E-state index in [0.29, 0.717) is 27.7 Å². The molecule has 0 fully saturated rings. The van der Waals surface area contributed by atoms with Crippen LogP contribution >= 0.6 is 11.6 Å². The molecule has 4 rings (SSSR count). The Hall–Kier alpha value is -3.19. The maximum atomic E-state index is 12.5. The number of aromatic nitrogens is 5. The SMILES string of the molecule is O=C(Nc1ccnc2ccnn12)c1cnn(-c2ccccc2Cl)c1. The number of hydrogen-bond donors (Lipinski definition) is 1. The highest BCUT2D eigenvalue weighted by Crippen LogP contribution is 2.19. The van der Waals surface area contributed by atoms with Gasteiger partial charge in [0.15, 0.2) is 5.65 Å². The number of para-hydroxylation sites is 1. The van der Waals surface area contributed by atoms with E-state index >= 15 is 0 Å². The van der Waals surface area contributed by atoms with Gasteiger partial charge in [-0.05, 0) is 18.2 Å². The zero-order valence-electron chi connectivity index (χ0n) is 12.3. The molecule has 0 saturated heterocycles. The molecular formula is C16H11ClN6O. The van der Waals surface area contributed by atoms with E-state index in [2.05, 4.69) is 20.5 Å². The minimum absolute atomic E-state index is 0.295. The minimum Gasteiger partial charge on any atom is -0.306 e. The average Bonchev–Trinajstić information content (AvgIpc) is 3.25. The Bertz CT molecular complexity index is 1040. The number of halogens is 1. The Morgan fingerprint density at radius 3 is 2.83 bits per heavy atom. The molecule has 0 bridgehead atoms. The fourth-order valence-electron chi connectivity index (χ4n) is 2.33. The van der Waals surface area contributed by atoms with Crippen molar-refractivity contribution in [1.82, 2.24) is 24.4 Å². The van der Waals surface area contributed by atoms with Crippen LogP contribution in [0.3, 0.4) is 0 Å². The molecule has 0 atom stereocenters. The number of anilines is 1. The number of hydrogen-bond acceptors (Lipinski definition) is 4. The van der Waals surface area contributed by atoms with E-state index in [9.17, 15) is 4.79 Å². The monoisotopic (exact) mass is 338 g/mol. The van der Waals surface area contributed by atoms with Crippen LogP contribution in [-0.2, 0) is 0 Å². The van der Waals surface area contributed by atoms with Crippen LogP contribution in [0.15, 0.2) is 61.2 Å². The van der Waals surface area contributed by atoms with Gasteiger partial charge in [-0.1, -0.05) is 23.7 Å². The first-order valence-corrected chi connectivity index (χ1v) is 7.50. The second-order valence-electron chi connectivity index (χ2n) is 5.01. The molecule has 24 heavy (non-hydrogen) atoms. The van der Waals surface area contributed by atoms with E-state index in [1.165, 1.54) is 6.20 Å². The Morgan fingerprint density at radius 2 is 1.96 bits per heavy atom. The molecule has 0 aliphatic carbocycles. The maximum Gasteiger partial charge on any atom is 0.260 e. The van der Waals surface area contributed by atoms with E-state index < -0.39 is 0 Å². The summed E-state index contributed by atoms with van der Waals surface area (Å²) < 4.78 is 3.11. The predicted octanol–water partition coefficient (Wildman–Crippen LogP) is 2.82. The smallest absolute Gasteiger partial charge is 0.260 e. The topological polar surface area (TPSA) is 77.1 Å². The van der Waals surface area contributed by atoms with Gasteiger partial charge in [0.2, 0.25) is 0 Å². The Balaban J connectivity index is 1.62. The van der Waals surface area contributed by atoms with E-state index in [0.717, 1.165) is 0 Å². The highest BCUT2D eigenvalue weighted by atomic mass is 35.5. The number of carbonyl (C=O) groups is 1. The maximum absolute atomic E-state index is 12.5. The zero-order chi connectivity index (χ0) is 16.5. The summed E-state index contributed by atoms with van der Waals surface area (Å²) in [5.41, 5.74) is 1.77. The predicted molar refractivity (Wildman–Crippen MR) is 89.5 cm³/mol. The van der Waals surface area contributed by atoms with Crippen LogP contribution in [0.2, 0.25) is 5.02 Å². The minimum atomic E-state index is -0.295. The lowest BCUT2D eigenvalue weighted by Gasteiger charge is -2.05. The molecule has 0 saturated carbocycles. The molecule has 0 aliphatic rings. The van der Waals surface area contributed by atoms with Crippen molar-refractivity contribution in [3.8, 4) is 5.69 Å². The second kappa shape index (κ2) is 5.78. The van der Waals surface area contributed by atoms with Crippen molar-refractivity contribution in [2.75, 3.05) is 5.32 Å². The molecule has 1 amide bonds. The number of fused-ring (bicyclic) bond motifs is 1. The number of carbonyl (C=O) groups excluding carboxylic acids is 1. The summed E-state index contributed by atoms with van der Waals surface area (Å²) in [6, 6.07) is 10.7. The number of nitrogens with one attached hydrogen (secondary N) is 1. The summed E-state index contributed by atoms with van der Waals surface area (Å²) in [5, 5.41) is 11.7. The van der Waals surface area contributed by atoms with Crippen molar-refractivity contribution in [3.63, 3.8) is 0 Å². The van der Waals surface area contributed by atoms with Gasteiger partial charge in [0, 0.05) is 18.5 Å². The standard InChI is InChI=1S/C16H11ClN6O/c17-12-3-1-2-4-13(12)22-10-11(9-20-22)16(24)21-15-5-7-18-14-6-8-19-23(14)15/h1-10H,(H,21,24). The molecule has 1 N–H and O–H groups in total. The second-order valence-corrected chi connectivity index (χ2v) is 5.42. The molecule has 1 aromatic carbocycles. The molecule has 8 heteroatoms. The van der Waals surface area contributed by atoms with Gasteiger partial charge >= 0.3 is 0 Å². The normalized spacial score (nSPS) is 10.9. The van der Waals surface area contributed by atoms with Crippen molar-refractivity contribution in [3.05, 3.63) is 71.8 Å². The van der Waals surface area contributed by atoms with Crippen molar-refractivity contribution >= 4 is 29.0 Å². The van der Waals surface area contributed by atoms with E-state index in [-0.39, 0.29) is 5.91 Å². The van der Waals surface area contributed by atoms with Crippen LogP contribution < -0.4 is 5.32 Å². The molecule has 0 spiro atoms. The molecule has 4 aromatic rings. The Kier molecular flexibility index (Phi) is 3.47. The van der Waals surface area contributed by atoms with Crippen LogP contribution in [0, 0.1) is 0 Å². The van der Waals surface area contributed by atoms with Gasteiger partial charge in [-0.25, -0.2) is 9.67 Å². The fourth-order valence-corrected chi connectivity index (χ4v) is 2.55. The van der Waals surface area contributed by atoms with Crippen LogP contribution in [0.5, 0.6) is 0 Å². The number of amides is 1. The van der Waals surface area contributed by atoms with Crippen molar-refractivity contribution in [1.29, 1.82) is 0 Å². The van der Waals surface area contributed by atoms with E-state index in [1.807, 2.05) is 18.2 Å². The van der Waals surface area contributed by atoms with Crippen molar-refractivity contribution in [2.24, 2.45) is 0 Å². The number of nitrogens with zero attached hydrogens (tertiary/aromatic N) is 5. The van der Waals surface area contributed by atoms with Crippen LogP contribution in [-0.4, -0.2) is 30.3 Å². The van der Waals surface area contributed by atoms with Crippen molar-refractivity contribution in [2.45, 2.75) is 0 Å². The summed E-state index contributed by atoms with van der Waals surface area (Å²) in [4.78, 5) is 16.6. The first-order valence-electron chi connectivity index (χ1n) is 7.12. The third-order valence-electron chi connectivity index (χ3n) is 3.48. The van der Waals surface area contributed by atoms with Crippen LogP contribution in [0.4, 0.5) is 5.82 Å². The lowest BCUT2D eigenvalue weighted by Crippen LogP contribution is -2.14. The first kappa shape index (κ1) is 14.4. The van der Waals surface area contributed by atoms with Gasteiger partial charge in [0.05, 0.1) is 28.7 Å². The number of rotatable bonds is 3. The molecule has 0 unspecified atom stereocenters. The van der Waals surface area contributed by atoms with Gasteiger partial charge < -0.3 is 5.32 Å². The Labute approximate surface area is 141 Å². The first-order chi connectivity index (χ1) is 11.7. The summed E-state index contributed by atoms with van der Waals surface area (Å²) >= 11 is 6.15. The highest BCUT2D eigenvalue weighted by molar-refractivity contribution is 6.32. The van der Waals surface area contributed by atoms with Crippen LogP contribution in [0.1, 0.15) is 10.4 Å². The summed E-state index contributed by atoms with van der Waals surface area (Å²) in [5.74, 6) is 0.233. The van der Waals surface area contributed by atoms with Gasteiger partial charge in [0.1, 0.15) is 5.82 Å². The summed E-state index contributed by atoms with van der Waals surface area (Å²) in [7, 11) is 0. The fraction of sp³-hybridized carbons (Fsp3) is 0. The molecule has 0 radical (unpaired) electrons. The summed E-state index contributed by atoms with van der Waals surface area (Å²) in [6.07, 6.45) is 6.34. The number of benzene rings is 1. The van der Waals surface area contributed by atoms with Crippen LogP contribution in [0.25, 0.3) is 11.3 Å². The zero-order valence-corrected chi connectivity index (χ0v) is 13.1. The van der Waals surface area contributed by atoms with E-state index in [4.69, 9.17) is 11.6 Å². The van der Waals surface area contributed by atoms with Gasteiger partial charge in [-0.3, -0.25) is 4.79 Å². The lowest BCUT2D eigenvalue weighted by molar-refractivity contribution is 0.102. The average molecular weight is 339 g/mol. The Morgan fingerprint density at radius 1 is 1.08 bits per heavy atom. The largest absolute Gasteiger partial charge is 0.306 e. The van der Waals surface area contributed by atoms with Gasteiger partial charge in [0.25, 0.3) is 5.91 Å². The molecule has 3 aromatic heterocycles.